The van der Waals surface area contributed by atoms with Gasteiger partial charge in [0.15, 0.2) is 0 Å². The van der Waals surface area contributed by atoms with Gasteiger partial charge < -0.3 is 26.3 Å². The Morgan fingerprint density at radius 2 is 2.19 bits per heavy atom. The number of carbonyl (C=O) groups excluding carboxylic acids is 1. The van der Waals surface area contributed by atoms with E-state index < -0.39 is 13.0 Å². The van der Waals surface area contributed by atoms with E-state index in [1.165, 1.54) is 0 Å². The number of nitrogens with one attached hydrogen (secondary N) is 1. The third kappa shape index (κ3) is 3.65. The van der Waals surface area contributed by atoms with Crippen molar-refractivity contribution in [3.8, 4) is 0 Å². The molecular formula is C14H19BN4O2. The van der Waals surface area contributed by atoms with E-state index in [-0.39, 0.29) is 0 Å². The van der Waals surface area contributed by atoms with E-state index in [1.807, 2.05) is 28.9 Å². The molecule has 2 rings (SSSR count). The van der Waals surface area contributed by atoms with Crippen molar-refractivity contribution in [2.45, 2.75) is 13.4 Å². The molecule has 0 aliphatic carbocycles. The lowest BCUT2D eigenvalue weighted by atomic mass is 9.89. The highest BCUT2D eigenvalue weighted by Gasteiger charge is 2.08. The average Bonchev–Trinajstić information content (AvgIpc) is 2.73. The Hall–Kier alpha value is -2.25. The van der Waals surface area contributed by atoms with Crippen molar-refractivity contribution in [1.82, 2.24) is 9.79 Å². The molecule has 0 fully saturated rings. The lowest BCUT2D eigenvalue weighted by molar-refractivity contribution is 0.100. The molecule has 0 bridgehead atoms. The van der Waals surface area contributed by atoms with Gasteiger partial charge in [-0.3, -0.25) is 4.79 Å². The Bertz CT molecular complexity index is 679. The highest BCUT2D eigenvalue weighted by molar-refractivity contribution is 6.45. The first-order valence-electron chi connectivity index (χ1n) is 6.74. The Labute approximate surface area is 123 Å². The smallest absolute Gasteiger partial charge is 0.373 e. The molecular weight excluding hydrogens is 267 g/mol. The normalized spacial score (nSPS) is 11.3. The average molecular weight is 286 g/mol. The molecule has 0 unspecified atom stereocenters. The largest absolute Gasteiger partial charge is 0.437 e. The number of nitrogen functional groups attached to an aromatic ring is 1. The molecule has 0 spiro atoms. The number of rotatable bonds is 6. The van der Waals surface area contributed by atoms with Gasteiger partial charge in [0.05, 0.1) is 5.52 Å². The molecule has 0 saturated carbocycles. The Balaban J connectivity index is 2.16. The topological polar surface area (TPSA) is 106 Å². The van der Waals surface area contributed by atoms with Gasteiger partial charge in [-0.25, -0.2) is 0 Å². The van der Waals surface area contributed by atoms with Crippen molar-refractivity contribution in [3.05, 3.63) is 42.0 Å². The molecule has 110 valence electrons. The van der Waals surface area contributed by atoms with Crippen LogP contribution in [0.2, 0.25) is 6.82 Å². The number of amides is 1. The SMILES string of the molecule is CB(O)NC/C=C/Cn1c(N)cc2cc(C(N)=O)ccc21. The zero-order valence-electron chi connectivity index (χ0n) is 11.9. The van der Waals surface area contributed by atoms with E-state index in [0.29, 0.717) is 24.5 Å². The van der Waals surface area contributed by atoms with Gasteiger partial charge in [0.1, 0.15) is 5.82 Å². The Morgan fingerprint density at radius 3 is 2.86 bits per heavy atom. The summed E-state index contributed by atoms with van der Waals surface area (Å²) in [6.45, 7) is 2.87. The van der Waals surface area contributed by atoms with E-state index in [1.54, 1.807) is 19.0 Å². The molecule has 1 heterocycles. The van der Waals surface area contributed by atoms with Crippen LogP contribution in [0.25, 0.3) is 10.9 Å². The van der Waals surface area contributed by atoms with E-state index >= 15 is 0 Å². The summed E-state index contributed by atoms with van der Waals surface area (Å²) >= 11 is 0. The molecule has 2 aromatic rings. The van der Waals surface area contributed by atoms with Crippen molar-refractivity contribution in [2.75, 3.05) is 12.3 Å². The van der Waals surface area contributed by atoms with Gasteiger partial charge in [-0.1, -0.05) is 12.2 Å². The number of benzene rings is 1. The number of hydrogen-bond acceptors (Lipinski definition) is 4. The predicted molar refractivity (Wildman–Crippen MR) is 85.8 cm³/mol. The van der Waals surface area contributed by atoms with Crippen molar-refractivity contribution in [3.63, 3.8) is 0 Å². The minimum Gasteiger partial charge on any atom is -0.437 e. The number of fused-ring (bicyclic) bond motifs is 1. The maximum Gasteiger partial charge on any atom is 0.373 e. The summed E-state index contributed by atoms with van der Waals surface area (Å²) in [5, 5.41) is 12.8. The van der Waals surface area contributed by atoms with Crippen molar-refractivity contribution in [2.24, 2.45) is 5.73 Å². The summed E-state index contributed by atoms with van der Waals surface area (Å²) < 4.78 is 1.94. The number of primary amides is 1. The predicted octanol–water partition coefficient (Wildman–Crippen LogP) is 0.579. The molecule has 6 N–H and O–H groups in total. The molecule has 0 aliphatic heterocycles. The van der Waals surface area contributed by atoms with Crippen LogP contribution < -0.4 is 16.7 Å². The molecule has 0 radical (unpaired) electrons. The van der Waals surface area contributed by atoms with E-state index in [0.717, 1.165) is 10.9 Å². The van der Waals surface area contributed by atoms with Gasteiger partial charge in [0, 0.05) is 24.0 Å². The molecule has 21 heavy (non-hydrogen) atoms. The number of allylic oxidation sites excluding steroid dienone is 1. The molecule has 6 nitrogen and oxygen atoms in total. The maximum atomic E-state index is 11.2. The van der Waals surface area contributed by atoms with Crippen LogP contribution in [0.5, 0.6) is 0 Å². The number of nitrogens with zero attached hydrogens (tertiary/aromatic N) is 1. The zero-order chi connectivity index (χ0) is 15.4. The van der Waals surface area contributed by atoms with Gasteiger partial charge in [-0.2, -0.15) is 0 Å². The fraction of sp³-hybridized carbons (Fsp3) is 0.214. The minimum atomic E-state index is -0.528. The molecule has 1 aromatic heterocycles. The van der Waals surface area contributed by atoms with Gasteiger partial charge in [-0.05, 0) is 31.1 Å². The second-order valence-electron chi connectivity index (χ2n) is 4.87. The minimum absolute atomic E-state index is 0.452. The second-order valence-corrected chi connectivity index (χ2v) is 4.87. The molecule has 7 heteroatoms. The van der Waals surface area contributed by atoms with Crippen molar-refractivity contribution < 1.29 is 9.82 Å². The number of nitrogens with two attached hydrogens (primary N) is 2. The van der Waals surface area contributed by atoms with Crippen molar-refractivity contribution in [1.29, 1.82) is 0 Å². The summed E-state index contributed by atoms with van der Waals surface area (Å²) in [6, 6.07) is 7.10. The fourth-order valence-corrected chi connectivity index (χ4v) is 2.15. The van der Waals surface area contributed by atoms with Gasteiger partial charge in [0.25, 0.3) is 0 Å². The molecule has 0 saturated heterocycles. The highest BCUT2D eigenvalue weighted by atomic mass is 16.2. The number of hydrogen-bond donors (Lipinski definition) is 4. The first-order valence-corrected chi connectivity index (χ1v) is 6.74. The summed E-state index contributed by atoms with van der Waals surface area (Å²) in [4.78, 5) is 11.2. The van der Waals surface area contributed by atoms with E-state index in [9.17, 15) is 4.79 Å². The number of anilines is 1. The van der Waals surface area contributed by atoms with E-state index in [2.05, 4.69) is 5.23 Å². The second kappa shape index (κ2) is 6.47. The van der Waals surface area contributed by atoms with Crippen LogP contribution in [-0.2, 0) is 6.54 Å². The van der Waals surface area contributed by atoms with E-state index in [4.69, 9.17) is 16.5 Å². The lowest BCUT2D eigenvalue weighted by Gasteiger charge is -2.05. The first-order chi connectivity index (χ1) is 9.99. The quantitative estimate of drug-likeness (QED) is 0.460. The summed E-state index contributed by atoms with van der Waals surface area (Å²) in [7, 11) is -0.528. The lowest BCUT2D eigenvalue weighted by Crippen LogP contribution is -2.30. The van der Waals surface area contributed by atoms with Crippen LogP contribution >= 0.6 is 0 Å². The van der Waals surface area contributed by atoms with Crippen LogP contribution in [0.15, 0.2) is 36.4 Å². The molecule has 0 atom stereocenters. The third-order valence-corrected chi connectivity index (χ3v) is 3.20. The van der Waals surface area contributed by atoms with Gasteiger partial charge >= 0.3 is 7.05 Å². The molecule has 1 amide bonds. The first kappa shape index (κ1) is 15.1. The Kier molecular flexibility index (Phi) is 4.67. The summed E-state index contributed by atoms with van der Waals surface area (Å²) in [5.74, 6) is 0.173. The van der Waals surface area contributed by atoms with Crippen LogP contribution in [0.1, 0.15) is 10.4 Å². The number of aromatic nitrogens is 1. The Morgan fingerprint density at radius 1 is 1.43 bits per heavy atom. The van der Waals surface area contributed by atoms with Crippen LogP contribution in [0.4, 0.5) is 5.82 Å². The van der Waals surface area contributed by atoms with Gasteiger partial charge in [0.2, 0.25) is 5.91 Å². The highest BCUT2D eigenvalue weighted by Crippen LogP contribution is 2.22. The molecule has 0 aliphatic rings. The van der Waals surface area contributed by atoms with Gasteiger partial charge in [-0.15, -0.1) is 0 Å². The summed E-state index contributed by atoms with van der Waals surface area (Å²) in [5.41, 5.74) is 12.7. The van der Waals surface area contributed by atoms with Crippen LogP contribution in [0.3, 0.4) is 0 Å². The third-order valence-electron chi connectivity index (χ3n) is 3.20. The monoisotopic (exact) mass is 286 g/mol. The fourth-order valence-electron chi connectivity index (χ4n) is 2.15. The van der Waals surface area contributed by atoms with Crippen molar-refractivity contribution >= 4 is 29.7 Å². The number of carbonyl (C=O) groups is 1. The van der Waals surface area contributed by atoms with Crippen LogP contribution in [-0.4, -0.2) is 29.1 Å². The molecule has 1 aromatic carbocycles. The summed E-state index contributed by atoms with van der Waals surface area (Å²) in [6.07, 6.45) is 3.89. The maximum absolute atomic E-state index is 11.2. The standard InChI is InChI=1S/C14H19BN4O2/c1-15(21)18-6-2-3-7-19-12-5-4-10(14(17)20)8-11(12)9-13(19)16/h2-5,8-9,18,21H,6-7,16H2,1H3,(H2,17,20)/b3-2+. The zero-order valence-corrected chi connectivity index (χ0v) is 11.9. The van der Waals surface area contributed by atoms with Crippen LogP contribution in [0, 0.1) is 0 Å².